The summed E-state index contributed by atoms with van der Waals surface area (Å²) in [7, 11) is 0. The van der Waals surface area contributed by atoms with Gasteiger partial charge in [-0.3, -0.25) is 14.8 Å². The molecule has 0 unspecified atom stereocenters. The molecule has 0 bridgehead atoms. The Morgan fingerprint density at radius 2 is 1.70 bits per heavy atom. The monoisotopic (exact) mass is 449 g/mol. The molecule has 2 aromatic heterocycles. The Morgan fingerprint density at radius 1 is 1.00 bits per heavy atom. The number of hydrogen-bond donors (Lipinski definition) is 4. The summed E-state index contributed by atoms with van der Waals surface area (Å²) in [5.41, 5.74) is 3.09. The average molecular weight is 450 g/mol. The fourth-order valence-corrected chi connectivity index (χ4v) is 4.62. The summed E-state index contributed by atoms with van der Waals surface area (Å²) in [4.78, 5) is 21.8. The van der Waals surface area contributed by atoms with Crippen LogP contribution in [0.25, 0.3) is 22.5 Å². The topological polar surface area (TPSA) is 120 Å². The predicted molar refractivity (Wildman–Crippen MR) is 129 cm³/mol. The van der Waals surface area contributed by atoms with Crippen LogP contribution in [-0.2, 0) is 4.79 Å². The van der Waals surface area contributed by atoms with Crippen molar-refractivity contribution in [1.29, 1.82) is 0 Å². The highest BCUT2D eigenvalue weighted by molar-refractivity contribution is 5.72. The zero-order valence-electron chi connectivity index (χ0n) is 19.4. The van der Waals surface area contributed by atoms with Gasteiger partial charge in [-0.25, -0.2) is 4.98 Å². The van der Waals surface area contributed by atoms with Gasteiger partial charge in [-0.15, -0.1) is 0 Å². The minimum absolute atomic E-state index is 0.0634. The molecule has 4 rings (SSSR count). The maximum absolute atomic E-state index is 10.5. The summed E-state index contributed by atoms with van der Waals surface area (Å²) in [6.07, 6.45) is 7.20. The Bertz CT molecular complexity index is 1050. The quantitative estimate of drug-likeness (QED) is 0.434. The molecule has 8 heteroatoms. The van der Waals surface area contributed by atoms with Gasteiger partial charge in [0.05, 0.1) is 23.8 Å². The lowest BCUT2D eigenvalue weighted by atomic mass is 9.79. The number of phenols is 1. The minimum Gasteiger partial charge on any atom is -0.507 e. The first-order valence-electron chi connectivity index (χ1n) is 10.8. The molecule has 174 valence electrons. The molecule has 1 saturated heterocycles. The lowest BCUT2D eigenvalue weighted by molar-refractivity contribution is -0.122. The van der Waals surface area contributed by atoms with Crippen molar-refractivity contribution in [3.05, 3.63) is 55.0 Å². The van der Waals surface area contributed by atoms with Gasteiger partial charge in [-0.05, 0) is 64.8 Å². The van der Waals surface area contributed by atoms with E-state index in [9.17, 15) is 5.11 Å². The third kappa shape index (κ3) is 6.49. The van der Waals surface area contributed by atoms with E-state index >= 15 is 0 Å². The molecule has 0 aliphatic carbocycles. The number of carbonyl (C=O) groups is 1. The Balaban J connectivity index is 0.000000968. The predicted octanol–water partition coefficient (Wildman–Crippen LogP) is 4.33. The number of phenolic OH excluding ortho intramolecular Hbond substituents is 1. The van der Waals surface area contributed by atoms with Crippen LogP contribution in [0.3, 0.4) is 0 Å². The molecule has 0 radical (unpaired) electrons. The van der Waals surface area contributed by atoms with Crippen molar-refractivity contribution in [2.75, 3.05) is 5.32 Å². The van der Waals surface area contributed by atoms with Crippen LogP contribution in [-0.4, -0.2) is 48.8 Å². The number of nitrogens with one attached hydrogen (secondary N) is 2. The summed E-state index contributed by atoms with van der Waals surface area (Å²) in [6.45, 7) is 8.67. The minimum atomic E-state index is -0.250. The van der Waals surface area contributed by atoms with Crippen LogP contribution in [0.1, 0.15) is 40.5 Å². The Labute approximate surface area is 194 Å². The number of nitrogens with zero attached hydrogens (tertiary/aromatic N) is 3. The SMILES string of the molecule is CC1(C)CC(Nc2cnc(-c3ccc(-c4ccccn4)cc3O)cn2)CC(C)(C)N1.O=CO. The van der Waals surface area contributed by atoms with Gasteiger partial charge in [0.1, 0.15) is 11.6 Å². The second-order valence-corrected chi connectivity index (χ2v) is 9.48. The number of carboxylic acid groups (broad SMARTS) is 1. The molecule has 3 aromatic rings. The van der Waals surface area contributed by atoms with E-state index < -0.39 is 0 Å². The van der Waals surface area contributed by atoms with Crippen molar-refractivity contribution in [3.63, 3.8) is 0 Å². The maximum Gasteiger partial charge on any atom is 0.290 e. The summed E-state index contributed by atoms with van der Waals surface area (Å²) in [6, 6.07) is 11.5. The van der Waals surface area contributed by atoms with Gasteiger partial charge in [0.2, 0.25) is 0 Å². The molecular formula is C25H31N5O3. The number of anilines is 1. The average Bonchev–Trinajstić information content (AvgIpc) is 2.73. The Hall–Kier alpha value is -3.52. The number of benzene rings is 1. The summed E-state index contributed by atoms with van der Waals surface area (Å²) < 4.78 is 0. The number of pyridine rings is 1. The summed E-state index contributed by atoms with van der Waals surface area (Å²) in [5.74, 6) is 0.914. The van der Waals surface area contributed by atoms with E-state index in [-0.39, 0.29) is 23.3 Å². The van der Waals surface area contributed by atoms with Crippen molar-refractivity contribution in [3.8, 4) is 28.3 Å². The van der Waals surface area contributed by atoms with Gasteiger partial charge in [-0.1, -0.05) is 12.1 Å². The van der Waals surface area contributed by atoms with Crippen molar-refractivity contribution in [2.24, 2.45) is 0 Å². The van der Waals surface area contributed by atoms with Crippen LogP contribution in [0.2, 0.25) is 0 Å². The first-order valence-corrected chi connectivity index (χ1v) is 10.8. The van der Waals surface area contributed by atoms with Gasteiger partial charge >= 0.3 is 0 Å². The van der Waals surface area contributed by atoms with Crippen molar-refractivity contribution >= 4 is 12.3 Å². The van der Waals surface area contributed by atoms with Gasteiger partial charge in [0.25, 0.3) is 6.47 Å². The smallest absolute Gasteiger partial charge is 0.290 e. The number of hydrogen-bond acceptors (Lipinski definition) is 7. The highest BCUT2D eigenvalue weighted by Gasteiger charge is 2.37. The second kappa shape index (κ2) is 9.95. The van der Waals surface area contributed by atoms with Crippen LogP contribution in [0, 0.1) is 0 Å². The number of rotatable bonds is 4. The highest BCUT2D eigenvalue weighted by Crippen LogP contribution is 2.33. The largest absolute Gasteiger partial charge is 0.507 e. The molecule has 1 aromatic carbocycles. The molecule has 1 aliphatic heterocycles. The van der Waals surface area contributed by atoms with E-state index in [0.717, 1.165) is 29.9 Å². The molecule has 4 N–H and O–H groups in total. The van der Waals surface area contributed by atoms with Gasteiger partial charge in [0, 0.05) is 34.4 Å². The maximum atomic E-state index is 10.5. The second-order valence-electron chi connectivity index (χ2n) is 9.48. The Kier molecular flexibility index (Phi) is 7.28. The fourth-order valence-electron chi connectivity index (χ4n) is 4.62. The van der Waals surface area contributed by atoms with E-state index in [1.165, 1.54) is 0 Å². The molecule has 3 heterocycles. The van der Waals surface area contributed by atoms with Crippen LogP contribution in [0.15, 0.2) is 55.0 Å². The third-order valence-electron chi connectivity index (χ3n) is 5.43. The van der Waals surface area contributed by atoms with Crippen LogP contribution >= 0.6 is 0 Å². The van der Waals surface area contributed by atoms with Crippen molar-refractivity contribution < 1.29 is 15.0 Å². The van der Waals surface area contributed by atoms with E-state index in [1.807, 2.05) is 30.3 Å². The van der Waals surface area contributed by atoms with Gasteiger partial charge in [-0.2, -0.15) is 0 Å². The molecule has 1 fully saturated rings. The van der Waals surface area contributed by atoms with Crippen LogP contribution < -0.4 is 10.6 Å². The van der Waals surface area contributed by atoms with Gasteiger partial charge in [0.15, 0.2) is 0 Å². The summed E-state index contributed by atoms with van der Waals surface area (Å²) >= 11 is 0. The zero-order chi connectivity index (χ0) is 24.1. The van der Waals surface area contributed by atoms with Crippen LogP contribution in [0.4, 0.5) is 5.82 Å². The standard InChI is InChI=1S/C24H29N5O.CH2O2/c1-23(2)12-17(13-24(3,4)29-23)28-22-15-26-20(14-27-22)18-9-8-16(11-21(18)30)19-7-5-6-10-25-19;2-1-3/h5-11,14-15,17,29-30H,12-13H2,1-4H3,(H,27,28);1H,(H,2,3). The third-order valence-corrected chi connectivity index (χ3v) is 5.43. The molecule has 0 atom stereocenters. The van der Waals surface area contributed by atoms with E-state index in [1.54, 1.807) is 24.7 Å². The molecule has 0 amide bonds. The molecule has 0 saturated carbocycles. The molecular weight excluding hydrogens is 418 g/mol. The zero-order valence-corrected chi connectivity index (χ0v) is 19.4. The first kappa shape index (κ1) is 24.1. The fraction of sp³-hybridized carbons (Fsp3) is 0.360. The highest BCUT2D eigenvalue weighted by atomic mass is 16.3. The first-order chi connectivity index (χ1) is 15.6. The number of aromatic hydroxyl groups is 1. The molecule has 8 nitrogen and oxygen atoms in total. The Morgan fingerprint density at radius 3 is 2.24 bits per heavy atom. The van der Waals surface area contributed by atoms with E-state index in [4.69, 9.17) is 9.90 Å². The number of aromatic nitrogens is 3. The number of piperidine rings is 1. The van der Waals surface area contributed by atoms with Crippen LogP contribution in [0.5, 0.6) is 5.75 Å². The molecule has 0 spiro atoms. The van der Waals surface area contributed by atoms with E-state index in [2.05, 4.69) is 53.3 Å². The van der Waals surface area contributed by atoms with Crippen molar-refractivity contribution in [2.45, 2.75) is 57.7 Å². The lowest BCUT2D eigenvalue weighted by Crippen LogP contribution is -2.60. The molecule has 33 heavy (non-hydrogen) atoms. The van der Waals surface area contributed by atoms with Gasteiger partial charge < -0.3 is 20.8 Å². The lowest BCUT2D eigenvalue weighted by Gasteiger charge is -2.46. The normalized spacial score (nSPS) is 16.8. The van der Waals surface area contributed by atoms with Crippen molar-refractivity contribution in [1.82, 2.24) is 20.3 Å². The molecule has 1 aliphatic rings. The van der Waals surface area contributed by atoms with E-state index in [0.29, 0.717) is 17.3 Å². The summed E-state index contributed by atoms with van der Waals surface area (Å²) in [5, 5.41) is 24.6.